The summed E-state index contributed by atoms with van der Waals surface area (Å²) < 4.78 is 23.7. The van der Waals surface area contributed by atoms with Crippen molar-refractivity contribution in [3.8, 4) is 0 Å². The number of rotatable bonds is 8. The van der Waals surface area contributed by atoms with Crippen LogP contribution in [0.2, 0.25) is 0 Å². The van der Waals surface area contributed by atoms with Crippen molar-refractivity contribution in [1.82, 2.24) is 15.4 Å². The zero-order valence-electron chi connectivity index (χ0n) is 9.17. The lowest BCUT2D eigenvalue weighted by atomic mass is 10.4. The first-order valence-corrected chi connectivity index (χ1v) is 6.77. The van der Waals surface area contributed by atoms with Crippen molar-refractivity contribution in [1.29, 1.82) is 0 Å². The van der Waals surface area contributed by atoms with E-state index in [-0.39, 0.29) is 12.5 Å². The molecule has 90 valence electrons. The molecule has 0 rings (SSSR count). The predicted molar refractivity (Wildman–Crippen MR) is 59.0 cm³/mol. The molecule has 0 aromatic rings. The van der Waals surface area contributed by atoms with Crippen LogP contribution in [0.4, 0.5) is 0 Å². The maximum Gasteiger partial charge on any atom is 0.233 e. The largest absolute Gasteiger partial charge is 0.355 e. The Morgan fingerprint density at radius 3 is 2.47 bits per heavy atom. The molecule has 6 nitrogen and oxygen atoms in total. The van der Waals surface area contributed by atoms with Gasteiger partial charge < -0.3 is 10.6 Å². The summed E-state index contributed by atoms with van der Waals surface area (Å²) in [4.78, 5) is 10.9. The monoisotopic (exact) mass is 237 g/mol. The first kappa shape index (κ1) is 14.3. The molecule has 0 radical (unpaired) electrons. The molecule has 0 aromatic carbocycles. The normalized spacial score (nSPS) is 11.3. The maximum absolute atomic E-state index is 10.9. The van der Waals surface area contributed by atoms with Crippen molar-refractivity contribution in [3.05, 3.63) is 0 Å². The van der Waals surface area contributed by atoms with E-state index in [2.05, 4.69) is 15.4 Å². The van der Waals surface area contributed by atoms with Crippen LogP contribution in [-0.4, -0.2) is 46.8 Å². The van der Waals surface area contributed by atoms with Crippen LogP contribution in [0.1, 0.15) is 13.3 Å². The molecule has 0 bridgehead atoms. The Hall–Kier alpha value is -0.660. The molecule has 3 N–H and O–H groups in total. The second-order valence-electron chi connectivity index (χ2n) is 3.15. The molecule has 1 amide bonds. The lowest BCUT2D eigenvalue weighted by molar-refractivity contribution is -0.120. The van der Waals surface area contributed by atoms with Gasteiger partial charge in [0, 0.05) is 13.1 Å². The van der Waals surface area contributed by atoms with Crippen molar-refractivity contribution >= 4 is 15.9 Å². The summed E-state index contributed by atoms with van der Waals surface area (Å²) in [5.41, 5.74) is 0. The van der Waals surface area contributed by atoms with Crippen molar-refractivity contribution in [2.75, 3.05) is 32.4 Å². The van der Waals surface area contributed by atoms with Gasteiger partial charge in [-0.25, -0.2) is 13.1 Å². The van der Waals surface area contributed by atoms with E-state index in [0.717, 1.165) is 6.26 Å². The third-order valence-corrected chi connectivity index (χ3v) is 2.28. The molecule has 0 aliphatic rings. The number of carbonyl (C=O) groups excluding carboxylic acids is 1. The molecule has 15 heavy (non-hydrogen) atoms. The molecule has 0 saturated carbocycles. The molecule has 0 aliphatic carbocycles. The Balaban J connectivity index is 3.29. The van der Waals surface area contributed by atoms with E-state index in [1.807, 2.05) is 6.92 Å². The van der Waals surface area contributed by atoms with Crippen LogP contribution in [0, 0.1) is 0 Å². The van der Waals surface area contributed by atoms with Crippen LogP contribution >= 0.6 is 0 Å². The summed E-state index contributed by atoms with van der Waals surface area (Å²) in [7, 11) is -3.09. The topological polar surface area (TPSA) is 87.3 Å². The quantitative estimate of drug-likeness (QED) is 0.456. The Morgan fingerprint density at radius 2 is 1.93 bits per heavy atom. The second kappa shape index (κ2) is 7.61. The Kier molecular flexibility index (Phi) is 7.27. The fourth-order valence-corrected chi connectivity index (χ4v) is 1.45. The van der Waals surface area contributed by atoms with E-state index in [1.165, 1.54) is 0 Å². The van der Waals surface area contributed by atoms with Gasteiger partial charge in [-0.3, -0.25) is 4.79 Å². The minimum Gasteiger partial charge on any atom is -0.355 e. The molecule has 0 spiro atoms. The number of carbonyl (C=O) groups is 1. The Morgan fingerprint density at radius 1 is 1.27 bits per heavy atom. The molecule has 0 heterocycles. The van der Waals surface area contributed by atoms with Crippen LogP contribution in [-0.2, 0) is 14.8 Å². The minimum atomic E-state index is -3.09. The molecule has 7 heteroatoms. The summed E-state index contributed by atoms with van der Waals surface area (Å²) in [6.07, 6.45) is 1.78. The highest BCUT2D eigenvalue weighted by Gasteiger charge is 1.99. The van der Waals surface area contributed by atoms with Gasteiger partial charge in [0.25, 0.3) is 0 Å². The maximum atomic E-state index is 10.9. The molecule has 0 unspecified atom stereocenters. The summed E-state index contributed by atoms with van der Waals surface area (Å²) in [6.45, 7) is 3.75. The van der Waals surface area contributed by atoms with Crippen LogP contribution in [0.5, 0.6) is 0 Å². The van der Waals surface area contributed by atoms with E-state index in [1.54, 1.807) is 0 Å². The Labute approximate surface area is 90.9 Å². The molecule has 0 aromatic heterocycles. The van der Waals surface area contributed by atoms with Gasteiger partial charge in [0.1, 0.15) is 0 Å². The third-order valence-electron chi connectivity index (χ3n) is 1.55. The molecule has 0 aliphatic heterocycles. The summed E-state index contributed by atoms with van der Waals surface area (Å²) in [5, 5.41) is 5.56. The zero-order valence-corrected chi connectivity index (χ0v) is 9.99. The fraction of sp³-hybridized carbons (Fsp3) is 0.875. The van der Waals surface area contributed by atoms with Crippen molar-refractivity contribution < 1.29 is 13.2 Å². The van der Waals surface area contributed by atoms with Gasteiger partial charge in [-0.05, 0) is 19.9 Å². The SMILES string of the molecule is CCNC(=O)CNCCCNS(C)(=O)=O. The number of amides is 1. The van der Waals surface area contributed by atoms with Crippen LogP contribution in [0.15, 0.2) is 0 Å². The van der Waals surface area contributed by atoms with E-state index >= 15 is 0 Å². The van der Waals surface area contributed by atoms with E-state index < -0.39 is 10.0 Å². The van der Waals surface area contributed by atoms with Gasteiger partial charge in [-0.15, -0.1) is 0 Å². The summed E-state index contributed by atoms with van der Waals surface area (Å²) >= 11 is 0. The number of hydrogen-bond acceptors (Lipinski definition) is 4. The summed E-state index contributed by atoms with van der Waals surface area (Å²) in [5.74, 6) is -0.0476. The fourth-order valence-electron chi connectivity index (χ4n) is 0.933. The molecular weight excluding hydrogens is 218 g/mol. The van der Waals surface area contributed by atoms with Gasteiger partial charge in [-0.2, -0.15) is 0 Å². The van der Waals surface area contributed by atoms with Crippen molar-refractivity contribution in [2.45, 2.75) is 13.3 Å². The van der Waals surface area contributed by atoms with E-state index in [9.17, 15) is 13.2 Å². The zero-order chi connectivity index (χ0) is 11.7. The highest BCUT2D eigenvalue weighted by atomic mass is 32.2. The predicted octanol–water partition coefficient (Wildman–Crippen LogP) is -1.35. The standard InChI is InChI=1S/C8H19N3O3S/c1-3-10-8(12)7-9-5-4-6-11-15(2,13)14/h9,11H,3-7H2,1-2H3,(H,10,12). The number of hydrogen-bond donors (Lipinski definition) is 3. The first-order chi connectivity index (χ1) is 6.95. The van der Waals surface area contributed by atoms with E-state index in [4.69, 9.17) is 0 Å². The lowest BCUT2D eigenvalue weighted by Gasteiger charge is -2.05. The third kappa shape index (κ3) is 11.3. The van der Waals surface area contributed by atoms with Gasteiger partial charge in [0.05, 0.1) is 12.8 Å². The van der Waals surface area contributed by atoms with Gasteiger partial charge in [0.2, 0.25) is 15.9 Å². The van der Waals surface area contributed by atoms with Crippen LogP contribution in [0.25, 0.3) is 0 Å². The molecule has 0 fully saturated rings. The second-order valence-corrected chi connectivity index (χ2v) is 4.98. The average molecular weight is 237 g/mol. The van der Waals surface area contributed by atoms with Crippen molar-refractivity contribution in [3.63, 3.8) is 0 Å². The first-order valence-electron chi connectivity index (χ1n) is 4.87. The summed E-state index contributed by atoms with van der Waals surface area (Å²) in [6, 6.07) is 0. The average Bonchev–Trinajstić information content (AvgIpc) is 2.09. The van der Waals surface area contributed by atoms with E-state index in [0.29, 0.717) is 26.1 Å². The highest BCUT2D eigenvalue weighted by molar-refractivity contribution is 7.88. The Bertz CT molecular complexity index is 277. The minimum absolute atomic E-state index is 0.0476. The molecule has 0 atom stereocenters. The van der Waals surface area contributed by atoms with Crippen molar-refractivity contribution in [2.24, 2.45) is 0 Å². The molecular formula is C8H19N3O3S. The number of likely N-dealkylation sites (N-methyl/N-ethyl adjacent to an activating group) is 1. The van der Waals surface area contributed by atoms with Crippen LogP contribution in [0.3, 0.4) is 0 Å². The number of nitrogens with one attached hydrogen (secondary N) is 3. The van der Waals surface area contributed by atoms with Gasteiger partial charge in [-0.1, -0.05) is 0 Å². The van der Waals surface area contributed by atoms with Gasteiger partial charge >= 0.3 is 0 Å². The molecule has 0 saturated heterocycles. The number of sulfonamides is 1. The van der Waals surface area contributed by atoms with Crippen LogP contribution < -0.4 is 15.4 Å². The van der Waals surface area contributed by atoms with Gasteiger partial charge in [0.15, 0.2) is 0 Å². The smallest absolute Gasteiger partial charge is 0.233 e. The lowest BCUT2D eigenvalue weighted by Crippen LogP contribution is -2.35. The highest BCUT2D eigenvalue weighted by Crippen LogP contribution is 1.77.